The third-order valence-corrected chi connectivity index (χ3v) is 2.46. The van der Waals surface area contributed by atoms with Gasteiger partial charge in [0.05, 0.1) is 7.11 Å². The summed E-state index contributed by atoms with van der Waals surface area (Å²) < 4.78 is 4.95. The van der Waals surface area contributed by atoms with E-state index in [9.17, 15) is 4.79 Å². The molecule has 0 radical (unpaired) electrons. The minimum Gasteiger partial charge on any atom is -0.481 e. The Morgan fingerprint density at radius 1 is 1.47 bits per heavy atom. The Labute approximate surface area is 117 Å². The van der Waals surface area contributed by atoms with Crippen LogP contribution in [-0.2, 0) is 4.79 Å². The normalized spacial score (nSPS) is 10.6. The van der Waals surface area contributed by atoms with Gasteiger partial charge in [-0.05, 0) is 13.0 Å². The molecule has 1 aromatic heterocycles. The first-order valence-corrected chi connectivity index (χ1v) is 6.51. The molecule has 0 bridgehead atoms. The summed E-state index contributed by atoms with van der Waals surface area (Å²) in [5, 5.41) is 6.06. The van der Waals surface area contributed by atoms with Crippen molar-refractivity contribution in [1.82, 2.24) is 15.3 Å². The van der Waals surface area contributed by atoms with Crippen molar-refractivity contribution in [3.8, 4) is 5.88 Å². The van der Waals surface area contributed by atoms with Gasteiger partial charge in [0, 0.05) is 18.5 Å². The topological polar surface area (TPSA) is 76.1 Å². The van der Waals surface area contributed by atoms with Crippen LogP contribution in [0.3, 0.4) is 0 Å². The van der Waals surface area contributed by atoms with Crippen molar-refractivity contribution >= 4 is 23.5 Å². The third-order valence-electron chi connectivity index (χ3n) is 2.26. The van der Waals surface area contributed by atoms with Gasteiger partial charge < -0.3 is 10.1 Å². The van der Waals surface area contributed by atoms with Crippen LogP contribution < -0.4 is 15.4 Å². The summed E-state index contributed by atoms with van der Waals surface area (Å²) in [6, 6.07) is 1.90. The Morgan fingerprint density at radius 2 is 2.21 bits per heavy atom. The maximum Gasteiger partial charge on any atom is 0.234 e. The van der Waals surface area contributed by atoms with E-state index in [0.29, 0.717) is 18.3 Å². The maximum atomic E-state index is 11.7. The van der Waals surface area contributed by atoms with Gasteiger partial charge in [-0.25, -0.2) is 4.98 Å². The van der Waals surface area contributed by atoms with Gasteiger partial charge in [-0.15, -0.1) is 0 Å². The van der Waals surface area contributed by atoms with Gasteiger partial charge in [0.15, 0.2) is 0 Å². The van der Waals surface area contributed by atoms with E-state index >= 15 is 0 Å². The van der Waals surface area contributed by atoms with Crippen molar-refractivity contribution in [2.45, 2.75) is 32.7 Å². The largest absolute Gasteiger partial charge is 0.481 e. The molecule has 0 atom stereocenters. The molecular formula is C12H19ClN4O2. The number of hydrogen-bond acceptors (Lipinski definition) is 5. The van der Waals surface area contributed by atoms with Gasteiger partial charge in [-0.1, -0.05) is 25.4 Å². The summed E-state index contributed by atoms with van der Waals surface area (Å²) in [5.74, 6) is 0.331. The van der Waals surface area contributed by atoms with Gasteiger partial charge in [0.2, 0.25) is 17.7 Å². The number of methoxy groups -OCH3 is 1. The van der Waals surface area contributed by atoms with E-state index in [1.807, 2.05) is 0 Å². The molecule has 0 aliphatic heterocycles. The van der Waals surface area contributed by atoms with Crippen LogP contribution in [0.1, 0.15) is 26.7 Å². The summed E-state index contributed by atoms with van der Waals surface area (Å²) in [7, 11) is 1.47. The highest BCUT2D eigenvalue weighted by Gasteiger charge is 2.07. The van der Waals surface area contributed by atoms with E-state index in [0.717, 1.165) is 13.0 Å². The first kappa shape index (κ1) is 15.7. The first-order valence-electron chi connectivity index (χ1n) is 6.13. The van der Waals surface area contributed by atoms with Gasteiger partial charge in [0.1, 0.15) is 5.15 Å². The highest BCUT2D eigenvalue weighted by molar-refractivity contribution is 6.29. The fourth-order valence-corrected chi connectivity index (χ4v) is 1.56. The molecular weight excluding hydrogens is 268 g/mol. The number of ether oxygens (including phenoxy) is 1. The number of anilines is 1. The minimum atomic E-state index is -0.144. The molecule has 6 nitrogen and oxygen atoms in total. The molecule has 19 heavy (non-hydrogen) atoms. The monoisotopic (exact) mass is 286 g/mol. The zero-order valence-electron chi connectivity index (χ0n) is 11.4. The molecule has 0 aromatic carbocycles. The molecule has 0 saturated carbocycles. The second-order valence-electron chi connectivity index (χ2n) is 4.32. The Hall–Kier alpha value is -1.40. The van der Waals surface area contributed by atoms with Crippen LogP contribution >= 0.6 is 11.6 Å². The quantitative estimate of drug-likeness (QED) is 0.591. The zero-order chi connectivity index (χ0) is 14.3. The number of rotatable bonds is 7. The van der Waals surface area contributed by atoms with E-state index in [-0.39, 0.29) is 17.0 Å². The molecule has 2 N–H and O–H groups in total. The summed E-state index contributed by atoms with van der Waals surface area (Å²) in [6.45, 7) is 4.92. The molecule has 1 rings (SSSR count). The SMILES string of the molecule is COc1cc(Cl)nc(NC(=O)CCCNC(C)C)n1. The molecule has 106 valence electrons. The lowest BCUT2D eigenvalue weighted by atomic mass is 10.3. The smallest absolute Gasteiger partial charge is 0.234 e. The van der Waals surface area contributed by atoms with Crippen LogP contribution in [0.4, 0.5) is 5.95 Å². The molecule has 0 aliphatic carbocycles. The van der Waals surface area contributed by atoms with Crippen molar-refractivity contribution in [3.05, 3.63) is 11.2 Å². The Bertz CT molecular complexity index is 426. The highest BCUT2D eigenvalue weighted by atomic mass is 35.5. The number of aromatic nitrogens is 2. The number of carbonyl (C=O) groups excluding carboxylic acids is 1. The van der Waals surface area contributed by atoms with Crippen molar-refractivity contribution in [1.29, 1.82) is 0 Å². The van der Waals surface area contributed by atoms with Crippen LogP contribution in [0.15, 0.2) is 6.07 Å². The Morgan fingerprint density at radius 3 is 2.84 bits per heavy atom. The minimum absolute atomic E-state index is 0.144. The Kier molecular flexibility index (Phi) is 6.52. The van der Waals surface area contributed by atoms with Gasteiger partial charge in [-0.3, -0.25) is 10.1 Å². The third kappa shape index (κ3) is 6.35. The summed E-state index contributed by atoms with van der Waals surface area (Å²) in [5.41, 5.74) is 0. The predicted octanol–water partition coefficient (Wildman–Crippen LogP) is 1.86. The number of hydrogen-bond donors (Lipinski definition) is 2. The molecule has 1 aromatic rings. The molecule has 1 amide bonds. The molecule has 0 aliphatic rings. The standard InChI is InChI=1S/C12H19ClN4O2/c1-8(2)14-6-4-5-10(18)16-12-15-9(13)7-11(17-12)19-3/h7-8,14H,4-6H2,1-3H3,(H,15,16,17,18). The average molecular weight is 287 g/mol. The molecule has 0 fully saturated rings. The number of halogens is 1. The van der Waals surface area contributed by atoms with Crippen LogP contribution in [0, 0.1) is 0 Å². The van der Waals surface area contributed by atoms with Gasteiger partial charge in [-0.2, -0.15) is 4.98 Å². The van der Waals surface area contributed by atoms with Crippen molar-refractivity contribution in [2.75, 3.05) is 19.0 Å². The molecule has 0 saturated heterocycles. The van der Waals surface area contributed by atoms with E-state index in [1.165, 1.54) is 13.2 Å². The maximum absolute atomic E-state index is 11.7. The fourth-order valence-electron chi connectivity index (χ4n) is 1.38. The van der Waals surface area contributed by atoms with E-state index in [2.05, 4.69) is 34.4 Å². The predicted molar refractivity (Wildman–Crippen MR) is 74.6 cm³/mol. The number of nitrogens with one attached hydrogen (secondary N) is 2. The van der Waals surface area contributed by atoms with Crippen molar-refractivity contribution in [2.24, 2.45) is 0 Å². The number of amides is 1. The van der Waals surface area contributed by atoms with E-state index in [1.54, 1.807) is 0 Å². The highest BCUT2D eigenvalue weighted by Crippen LogP contribution is 2.15. The molecule has 1 heterocycles. The van der Waals surface area contributed by atoms with Crippen LogP contribution in [-0.4, -0.2) is 35.6 Å². The molecule has 0 spiro atoms. The van der Waals surface area contributed by atoms with Gasteiger partial charge >= 0.3 is 0 Å². The number of nitrogens with zero attached hydrogens (tertiary/aromatic N) is 2. The van der Waals surface area contributed by atoms with Gasteiger partial charge in [0.25, 0.3) is 0 Å². The van der Waals surface area contributed by atoms with Crippen molar-refractivity contribution in [3.63, 3.8) is 0 Å². The lowest BCUT2D eigenvalue weighted by Gasteiger charge is -2.08. The Balaban J connectivity index is 2.41. The van der Waals surface area contributed by atoms with E-state index in [4.69, 9.17) is 16.3 Å². The zero-order valence-corrected chi connectivity index (χ0v) is 12.1. The van der Waals surface area contributed by atoms with E-state index < -0.39 is 0 Å². The van der Waals surface area contributed by atoms with Crippen LogP contribution in [0.25, 0.3) is 0 Å². The van der Waals surface area contributed by atoms with Crippen LogP contribution in [0.5, 0.6) is 5.88 Å². The lowest BCUT2D eigenvalue weighted by Crippen LogP contribution is -2.25. The summed E-state index contributed by atoms with van der Waals surface area (Å²) >= 11 is 5.78. The summed E-state index contributed by atoms with van der Waals surface area (Å²) in [4.78, 5) is 19.6. The molecule has 7 heteroatoms. The fraction of sp³-hybridized carbons (Fsp3) is 0.583. The second kappa shape index (κ2) is 7.91. The van der Waals surface area contributed by atoms with Crippen LogP contribution in [0.2, 0.25) is 5.15 Å². The molecule has 0 unspecified atom stereocenters. The first-order chi connectivity index (χ1) is 9.01. The summed E-state index contributed by atoms with van der Waals surface area (Å²) in [6.07, 6.45) is 1.15. The van der Waals surface area contributed by atoms with Crippen molar-refractivity contribution < 1.29 is 9.53 Å². The second-order valence-corrected chi connectivity index (χ2v) is 4.70. The lowest BCUT2D eigenvalue weighted by molar-refractivity contribution is -0.116. The number of carbonyl (C=O) groups is 1. The average Bonchev–Trinajstić information content (AvgIpc) is 2.33.